The van der Waals surface area contributed by atoms with Crippen molar-refractivity contribution in [2.45, 2.75) is 6.92 Å². The number of para-hydroxylation sites is 1. The zero-order chi connectivity index (χ0) is 17.8. The summed E-state index contributed by atoms with van der Waals surface area (Å²) >= 11 is 3.45. The zero-order valence-electron chi connectivity index (χ0n) is 14.0. The molecule has 0 radical (unpaired) electrons. The Labute approximate surface area is 155 Å². The van der Waals surface area contributed by atoms with E-state index < -0.39 is 0 Å². The maximum atomic E-state index is 12.4. The normalized spacial score (nSPS) is 10.4. The SMILES string of the molecule is Cc1cc(NC(=O)c2ccc(N(C)c3ccccc3)nc2)ccc1Br. The smallest absolute Gasteiger partial charge is 0.257 e. The molecular weight excluding hydrogens is 378 g/mol. The fourth-order valence-electron chi connectivity index (χ4n) is 2.43. The molecule has 1 aromatic heterocycles. The van der Waals surface area contributed by atoms with E-state index in [1.807, 2.05) is 73.5 Å². The van der Waals surface area contributed by atoms with Crippen LogP contribution in [0.5, 0.6) is 0 Å². The van der Waals surface area contributed by atoms with Crippen molar-refractivity contribution in [2.75, 3.05) is 17.3 Å². The lowest BCUT2D eigenvalue weighted by molar-refractivity contribution is 0.102. The summed E-state index contributed by atoms with van der Waals surface area (Å²) in [6, 6.07) is 19.3. The predicted octanol–water partition coefficient (Wildman–Crippen LogP) is 5.17. The van der Waals surface area contributed by atoms with E-state index in [0.717, 1.165) is 27.2 Å². The maximum Gasteiger partial charge on any atom is 0.257 e. The minimum atomic E-state index is -0.178. The minimum absolute atomic E-state index is 0.178. The van der Waals surface area contributed by atoms with E-state index in [-0.39, 0.29) is 5.91 Å². The highest BCUT2D eigenvalue weighted by Crippen LogP contribution is 2.22. The summed E-state index contributed by atoms with van der Waals surface area (Å²) in [4.78, 5) is 18.8. The molecule has 0 atom stereocenters. The van der Waals surface area contributed by atoms with Crippen LogP contribution < -0.4 is 10.2 Å². The molecule has 25 heavy (non-hydrogen) atoms. The molecule has 1 N–H and O–H groups in total. The Bertz CT molecular complexity index is 879. The molecule has 0 spiro atoms. The second-order valence-corrected chi connectivity index (χ2v) is 6.57. The molecular formula is C20H18BrN3O. The fraction of sp³-hybridized carbons (Fsp3) is 0.100. The molecule has 2 aromatic carbocycles. The Morgan fingerprint density at radius 1 is 1.08 bits per heavy atom. The Morgan fingerprint density at radius 2 is 1.84 bits per heavy atom. The molecule has 0 aliphatic heterocycles. The Hall–Kier alpha value is -2.66. The lowest BCUT2D eigenvalue weighted by Gasteiger charge is -2.18. The molecule has 0 saturated carbocycles. The number of pyridine rings is 1. The average Bonchev–Trinajstić information content (AvgIpc) is 2.65. The second kappa shape index (κ2) is 7.49. The van der Waals surface area contributed by atoms with Crippen molar-refractivity contribution in [1.29, 1.82) is 0 Å². The number of amides is 1. The van der Waals surface area contributed by atoms with E-state index in [2.05, 4.69) is 26.2 Å². The van der Waals surface area contributed by atoms with Crippen molar-refractivity contribution in [1.82, 2.24) is 4.98 Å². The van der Waals surface area contributed by atoms with Crippen molar-refractivity contribution in [3.63, 3.8) is 0 Å². The molecule has 0 aliphatic carbocycles. The largest absolute Gasteiger partial charge is 0.329 e. The molecule has 0 saturated heterocycles. The molecule has 1 amide bonds. The third-order valence-electron chi connectivity index (χ3n) is 3.91. The van der Waals surface area contributed by atoms with E-state index in [1.54, 1.807) is 12.3 Å². The number of aromatic nitrogens is 1. The van der Waals surface area contributed by atoms with Crippen LogP contribution in [-0.4, -0.2) is 17.9 Å². The number of rotatable bonds is 4. The van der Waals surface area contributed by atoms with Gasteiger partial charge in [-0.1, -0.05) is 34.1 Å². The summed E-state index contributed by atoms with van der Waals surface area (Å²) in [7, 11) is 1.95. The third-order valence-corrected chi connectivity index (χ3v) is 4.80. The molecule has 3 rings (SSSR count). The van der Waals surface area contributed by atoms with E-state index in [1.165, 1.54) is 0 Å². The minimum Gasteiger partial charge on any atom is -0.329 e. The summed E-state index contributed by atoms with van der Waals surface area (Å²) in [6.45, 7) is 1.98. The van der Waals surface area contributed by atoms with Crippen LogP contribution in [0.15, 0.2) is 71.3 Å². The fourth-order valence-corrected chi connectivity index (χ4v) is 2.67. The second-order valence-electron chi connectivity index (χ2n) is 5.72. The number of anilines is 3. The standard InChI is InChI=1S/C20H18BrN3O/c1-14-12-16(9-10-18(14)21)23-20(25)15-8-11-19(22-13-15)24(2)17-6-4-3-5-7-17/h3-13H,1-2H3,(H,23,25). The number of halogens is 1. The number of aryl methyl sites for hydroxylation is 1. The van der Waals surface area contributed by atoms with Gasteiger partial charge >= 0.3 is 0 Å². The van der Waals surface area contributed by atoms with Crippen LogP contribution in [0.25, 0.3) is 0 Å². The molecule has 4 nitrogen and oxygen atoms in total. The van der Waals surface area contributed by atoms with Gasteiger partial charge in [-0.05, 0) is 55.0 Å². The van der Waals surface area contributed by atoms with Gasteiger partial charge in [-0.15, -0.1) is 0 Å². The summed E-state index contributed by atoms with van der Waals surface area (Å²) in [5.41, 5.74) is 3.38. The molecule has 5 heteroatoms. The number of carbonyl (C=O) groups excluding carboxylic acids is 1. The summed E-state index contributed by atoms with van der Waals surface area (Å²) in [6.07, 6.45) is 1.59. The number of benzene rings is 2. The molecule has 126 valence electrons. The number of hydrogen-bond acceptors (Lipinski definition) is 3. The van der Waals surface area contributed by atoms with Gasteiger partial charge in [-0.25, -0.2) is 4.98 Å². The van der Waals surface area contributed by atoms with Gasteiger partial charge in [0.2, 0.25) is 0 Å². The monoisotopic (exact) mass is 395 g/mol. The van der Waals surface area contributed by atoms with Gasteiger partial charge in [0.1, 0.15) is 5.82 Å². The first-order valence-electron chi connectivity index (χ1n) is 7.87. The van der Waals surface area contributed by atoms with Crippen LogP contribution >= 0.6 is 15.9 Å². The molecule has 0 aliphatic rings. The van der Waals surface area contributed by atoms with Gasteiger partial charge in [0.05, 0.1) is 5.56 Å². The molecule has 3 aromatic rings. The lowest BCUT2D eigenvalue weighted by Crippen LogP contribution is -2.14. The van der Waals surface area contributed by atoms with E-state index in [9.17, 15) is 4.79 Å². The number of nitrogens with one attached hydrogen (secondary N) is 1. The quantitative estimate of drug-likeness (QED) is 0.662. The highest BCUT2D eigenvalue weighted by molar-refractivity contribution is 9.10. The van der Waals surface area contributed by atoms with Gasteiger partial charge in [-0.3, -0.25) is 4.79 Å². The Morgan fingerprint density at radius 3 is 2.48 bits per heavy atom. The van der Waals surface area contributed by atoms with E-state index in [0.29, 0.717) is 5.56 Å². The van der Waals surface area contributed by atoms with Crippen LogP contribution in [-0.2, 0) is 0 Å². The van der Waals surface area contributed by atoms with Crippen molar-refractivity contribution >= 4 is 39.0 Å². The van der Waals surface area contributed by atoms with Gasteiger partial charge in [0.25, 0.3) is 5.91 Å². The number of nitrogens with zero attached hydrogens (tertiary/aromatic N) is 2. The van der Waals surface area contributed by atoms with Crippen LogP contribution in [0.4, 0.5) is 17.2 Å². The topological polar surface area (TPSA) is 45.2 Å². The Balaban J connectivity index is 1.73. The number of carbonyl (C=O) groups is 1. The van der Waals surface area contributed by atoms with Gasteiger partial charge < -0.3 is 10.2 Å². The lowest BCUT2D eigenvalue weighted by atomic mass is 10.2. The summed E-state index contributed by atoms with van der Waals surface area (Å²) in [5, 5.41) is 2.89. The first-order valence-corrected chi connectivity index (χ1v) is 8.66. The Kier molecular flexibility index (Phi) is 5.14. The van der Waals surface area contributed by atoms with Crippen LogP contribution in [0.1, 0.15) is 15.9 Å². The van der Waals surface area contributed by atoms with Crippen molar-refractivity contribution in [3.8, 4) is 0 Å². The van der Waals surface area contributed by atoms with Gasteiger partial charge in [-0.2, -0.15) is 0 Å². The molecule has 1 heterocycles. The van der Waals surface area contributed by atoms with E-state index >= 15 is 0 Å². The molecule has 0 fully saturated rings. The summed E-state index contributed by atoms with van der Waals surface area (Å²) in [5.74, 6) is 0.602. The van der Waals surface area contributed by atoms with Crippen LogP contribution in [0.3, 0.4) is 0 Å². The van der Waals surface area contributed by atoms with Gasteiger partial charge in [0, 0.05) is 29.1 Å². The van der Waals surface area contributed by atoms with Crippen LogP contribution in [0, 0.1) is 6.92 Å². The third kappa shape index (κ3) is 4.06. The van der Waals surface area contributed by atoms with Crippen molar-refractivity contribution in [3.05, 3.63) is 82.5 Å². The highest BCUT2D eigenvalue weighted by atomic mass is 79.9. The zero-order valence-corrected chi connectivity index (χ0v) is 15.6. The molecule has 0 unspecified atom stereocenters. The highest BCUT2D eigenvalue weighted by Gasteiger charge is 2.10. The number of hydrogen-bond donors (Lipinski definition) is 1. The van der Waals surface area contributed by atoms with Crippen molar-refractivity contribution < 1.29 is 4.79 Å². The van der Waals surface area contributed by atoms with Crippen molar-refractivity contribution in [2.24, 2.45) is 0 Å². The maximum absolute atomic E-state index is 12.4. The van der Waals surface area contributed by atoms with Crippen LogP contribution in [0.2, 0.25) is 0 Å². The first kappa shape index (κ1) is 17.2. The molecule has 0 bridgehead atoms. The summed E-state index contributed by atoms with van der Waals surface area (Å²) < 4.78 is 1.01. The first-order chi connectivity index (χ1) is 12.0. The average molecular weight is 396 g/mol. The predicted molar refractivity (Wildman–Crippen MR) is 106 cm³/mol. The van der Waals surface area contributed by atoms with Gasteiger partial charge in [0.15, 0.2) is 0 Å². The van der Waals surface area contributed by atoms with E-state index in [4.69, 9.17) is 0 Å².